The largest absolute Gasteiger partial charge is 0.497 e. The fourth-order valence-corrected chi connectivity index (χ4v) is 2.89. The Hall–Kier alpha value is -2.83. The lowest BCUT2D eigenvalue weighted by molar-refractivity contribution is -0.137. The number of carbonyl (C=O) groups excluding carboxylic acids is 2. The van der Waals surface area contributed by atoms with Crippen molar-refractivity contribution < 1.29 is 14.3 Å². The Labute approximate surface area is 146 Å². The molecular formula is C18H22N4O3. The molecule has 132 valence electrons. The van der Waals surface area contributed by atoms with Gasteiger partial charge in [0.2, 0.25) is 11.8 Å². The Morgan fingerprint density at radius 3 is 2.72 bits per heavy atom. The zero-order valence-corrected chi connectivity index (χ0v) is 14.7. The van der Waals surface area contributed by atoms with Crippen molar-refractivity contribution in [2.75, 3.05) is 31.6 Å². The van der Waals surface area contributed by atoms with Gasteiger partial charge in [-0.2, -0.15) is 0 Å². The van der Waals surface area contributed by atoms with Crippen LogP contribution in [0.25, 0.3) is 0 Å². The van der Waals surface area contributed by atoms with E-state index in [4.69, 9.17) is 4.74 Å². The van der Waals surface area contributed by atoms with Gasteiger partial charge in [0.15, 0.2) is 0 Å². The average Bonchev–Trinajstić information content (AvgIpc) is 2.93. The van der Waals surface area contributed by atoms with Crippen molar-refractivity contribution in [1.29, 1.82) is 0 Å². The number of nitrogens with zero attached hydrogens (tertiary/aromatic N) is 4. The summed E-state index contributed by atoms with van der Waals surface area (Å²) in [6, 6.07) is 7.38. The molecule has 1 saturated heterocycles. The van der Waals surface area contributed by atoms with E-state index < -0.39 is 0 Å². The van der Waals surface area contributed by atoms with Crippen molar-refractivity contribution in [2.45, 2.75) is 20.4 Å². The predicted molar refractivity (Wildman–Crippen MR) is 93.6 cm³/mol. The Bertz CT molecular complexity index is 799. The van der Waals surface area contributed by atoms with Gasteiger partial charge in [0, 0.05) is 30.5 Å². The standard InChI is InChI=1S/C18H22N4O3/c1-13-14(2)21(12-19-13)10-17(23)20-7-8-22(18(24)11-20)15-5-4-6-16(9-15)25-3/h4-6,9,12H,7-8,10-11H2,1-3H3. The van der Waals surface area contributed by atoms with Crippen LogP contribution in [0.15, 0.2) is 30.6 Å². The number of aryl methyl sites for hydroxylation is 1. The summed E-state index contributed by atoms with van der Waals surface area (Å²) in [4.78, 5) is 32.5. The smallest absolute Gasteiger partial charge is 0.246 e. The van der Waals surface area contributed by atoms with Crippen LogP contribution in [0.3, 0.4) is 0 Å². The maximum Gasteiger partial charge on any atom is 0.246 e. The number of amides is 2. The summed E-state index contributed by atoms with van der Waals surface area (Å²) in [6.07, 6.45) is 1.66. The third-order valence-electron chi connectivity index (χ3n) is 4.59. The highest BCUT2D eigenvalue weighted by atomic mass is 16.5. The van der Waals surface area contributed by atoms with Gasteiger partial charge < -0.3 is 19.1 Å². The molecule has 1 aliphatic heterocycles. The number of hydrogen-bond donors (Lipinski definition) is 0. The number of piperazine rings is 1. The minimum atomic E-state index is -0.0913. The SMILES string of the molecule is COc1cccc(N2CCN(C(=O)Cn3cnc(C)c3C)CC2=O)c1. The van der Waals surface area contributed by atoms with Gasteiger partial charge in [0.1, 0.15) is 18.8 Å². The number of aromatic nitrogens is 2. The summed E-state index contributed by atoms with van der Waals surface area (Å²) in [7, 11) is 1.59. The van der Waals surface area contributed by atoms with Crippen LogP contribution < -0.4 is 9.64 Å². The van der Waals surface area contributed by atoms with E-state index in [2.05, 4.69) is 4.98 Å². The second-order valence-corrected chi connectivity index (χ2v) is 6.11. The monoisotopic (exact) mass is 342 g/mol. The molecule has 7 nitrogen and oxygen atoms in total. The molecule has 0 atom stereocenters. The van der Waals surface area contributed by atoms with E-state index >= 15 is 0 Å². The highest BCUT2D eigenvalue weighted by molar-refractivity contribution is 5.98. The summed E-state index contributed by atoms with van der Waals surface area (Å²) in [6.45, 7) is 5.12. The van der Waals surface area contributed by atoms with Crippen LogP contribution in [-0.2, 0) is 16.1 Å². The molecule has 1 aromatic heterocycles. The number of hydrogen-bond acceptors (Lipinski definition) is 4. The summed E-state index contributed by atoms with van der Waals surface area (Å²) in [5.41, 5.74) is 2.67. The van der Waals surface area contributed by atoms with Gasteiger partial charge in [-0.15, -0.1) is 0 Å². The van der Waals surface area contributed by atoms with E-state index in [1.807, 2.05) is 42.7 Å². The molecular weight excluding hydrogens is 320 g/mol. The lowest BCUT2D eigenvalue weighted by Crippen LogP contribution is -2.53. The number of ether oxygens (including phenoxy) is 1. The van der Waals surface area contributed by atoms with Gasteiger partial charge in [0.25, 0.3) is 0 Å². The molecule has 0 unspecified atom stereocenters. The fraction of sp³-hybridized carbons (Fsp3) is 0.389. The zero-order chi connectivity index (χ0) is 18.0. The molecule has 2 aromatic rings. The first kappa shape index (κ1) is 17.0. The van der Waals surface area contributed by atoms with Crippen LogP contribution in [0, 0.1) is 13.8 Å². The number of benzene rings is 1. The Morgan fingerprint density at radius 2 is 2.08 bits per heavy atom. The maximum absolute atomic E-state index is 12.5. The molecule has 1 aliphatic rings. The summed E-state index contributed by atoms with van der Waals surface area (Å²) >= 11 is 0. The van der Waals surface area contributed by atoms with Crippen molar-refractivity contribution in [3.63, 3.8) is 0 Å². The topological polar surface area (TPSA) is 67.7 Å². The van der Waals surface area contributed by atoms with Crippen molar-refractivity contribution in [1.82, 2.24) is 14.5 Å². The summed E-state index contributed by atoms with van der Waals surface area (Å²) in [5, 5.41) is 0. The van der Waals surface area contributed by atoms with Gasteiger partial charge in [-0.3, -0.25) is 9.59 Å². The van der Waals surface area contributed by atoms with E-state index in [-0.39, 0.29) is 24.9 Å². The number of rotatable bonds is 4. The van der Waals surface area contributed by atoms with Crippen LogP contribution in [-0.4, -0.2) is 53.0 Å². The summed E-state index contributed by atoms with van der Waals surface area (Å²) in [5.74, 6) is 0.542. The first-order valence-electron chi connectivity index (χ1n) is 8.20. The van der Waals surface area contributed by atoms with Crippen LogP contribution in [0.2, 0.25) is 0 Å². The minimum Gasteiger partial charge on any atom is -0.497 e. The molecule has 0 saturated carbocycles. The Kier molecular flexibility index (Phi) is 4.74. The van der Waals surface area contributed by atoms with E-state index in [0.29, 0.717) is 18.8 Å². The zero-order valence-electron chi connectivity index (χ0n) is 14.7. The first-order chi connectivity index (χ1) is 12.0. The lowest BCUT2D eigenvalue weighted by atomic mass is 10.2. The van der Waals surface area contributed by atoms with Crippen LogP contribution in [0.1, 0.15) is 11.4 Å². The third-order valence-corrected chi connectivity index (χ3v) is 4.59. The molecule has 0 N–H and O–H groups in total. The molecule has 0 bridgehead atoms. The van der Waals surface area contributed by atoms with Gasteiger partial charge in [0.05, 0.1) is 19.1 Å². The average molecular weight is 342 g/mol. The molecule has 2 heterocycles. The lowest BCUT2D eigenvalue weighted by Gasteiger charge is -2.34. The quantitative estimate of drug-likeness (QED) is 0.842. The van der Waals surface area contributed by atoms with Crippen LogP contribution >= 0.6 is 0 Å². The van der Waals surface area contributed by atoms with Crippen LogP contribution in [0.5, 0.6) is 5.75 Å². The van der Waals surface area contributed by atoms with E-state index in [1.54, 1.807) is 23.2 Å². The molecule has 7 heteroatoms. The normalized spacial score (nSPS) is 14.8. The summed E-state index contributed by atoms with van der Waals surface area (Å²) < 4.78 is 7.02. The molecule has 3 rings (SSSR count). The van der Waals surface area contributed by atoms with Crippen molar-refractivity contribution in [2.24, 2.45) is 0 Å². The number of anilines is 1. The first-order valence-corrected chi connectivity index (χ1v) is 8.20. The van der Waals surface area contributed by atoms with Crippen LogP contribution in [0.4, 0.5) is 5.69 Å². The number of imidazole rings is 1. The van der Waals surface area contributed by atoms with Crippen molar-refractivity contribution >= 4 is 17.5 Å². The highest BCUT2D eigenvalue weighted by Gasteiger charge is 2.28. The fourth-order valence-electron chi connectivity index (χ4n) is 2.89. The number of methoxy groups -OCH3 is 1. The van der Waals surface area contributed by atoms with Crippen molar-refractivity contribution in [3.8, 4) is 5.75 Å². The molecule has 0 spiro atoms. The Morgan fingerprint density at radius 1 is 1.28 bits per heavy atom. The van der Waals surface area contributed by atoms with E-state index in [1.165, 1.54) is 0 Å². The molecule has 25 heavy (non-hydrogen) atoms. The highest BCUT2D eigenvalue weighted by Crippen LogP contribution is 2.22. The Balaban J connectivity index is 1.65. The second kappa shape index (κ2) is 6.96. The van der Waals surface area contributed by atoms with Gasteiger partial charge in [-0.25, -0.2) is 4.98 Å². The minimum absolute atomic E-state index is 0.0702. The number of carbonyl (C=O) groups is 2. The maximum atomic E-state index is 12.5. The molecule has 2 amide bonds. The second-order valence-electron chi connectivity index (χ2n) is 6.11. The van der Waals surface area contributed by atoms with Gasteiger partial charge in [-0.05, 0) is 26.0 Å². The molecule has 1 fully saturated rings. The van der Waals surface area contributed by atoms with Gasteiger partial charge >= 0.3 is 0 Å². The predicted octanol–water partition coefficient (Wildman–Crippen LogP) is 1.38. The van der Waals surface area contributed by atoms with Gasteiger partial charge in [-0.1, -0.05) is 6.07 Å². The third kappa shape index (κ3) is 3.50. The van der Waals surface area contributed by atoms with E-state index in [0.717, 1.165) is 17.1 Å². The molecule has 1 aromatic carbocycles. The molecule has 0 aliphatic carbocycles. The van der Waals surface area contributed by atoms with Crippen molar-refractivity contribution in [3.05, 3.63) is 42.0 Å². The van der Waals surface area contributed by atoms with E-state index in [9.17, 15) is 9.59 Å². The molecule has 0 radical (unpaired) electrons.